The van der Waals surface area contributed by atoms with Crippen LogP contribution in [0.1, 0.15) is 31.4 Å². The van der Waals surface area contributed by atoms with E-state index >= 15 is 0 Å². The topological polar surface area (TPSA) is 50.9 Å². The van der Waals surface area contributed by atoms with E-state index in [1.807, 2.05) is 19.1 Å². The molecule has 20 heavy (non-hydrogen) atoms. The zero-order chi connectivity index (χ0) is 14.6. The summed E-state index contributed by atoms with van der Waals surface area (Å²) in [5.74, 6) is 0.781. The molecule has 3 N–H and O–H groups in total. The molecular weight excluding hydrogens is 246 g/mol. The molecule has 3 heteroatoms. The van der Waals surface area contributed by atoms with E-state index in [0.29, 0.717) is 0 Å². The normalized spacial score (nSPS) is 11.3. The molecule has 0 aliphatic rings. The van der Waals surface area contributed by atoms with Crippen molar-refractivity contribution in [2.24, 2.45) is 0 Å². The number of nitrogens with one attached hydrogen (secondary N) is 1. The second kappa shape index (κ2) is 5.95. The third-order valence-electron chi connectivity index (χ3n) is 3.55. The lowest BCUT2D eigenvalue weighted by molar-refractivity contribution is 0.517. The highest BCUT2D eigenvalue weighted by atomic mass is 15.1. The predicted molar refractivity (Wildman–Crippen MR) is 85.9 cm³/mol. The smallest absolute Gasteiger partial charge is 0.149 e. The van der Waals surface area contributed by atoms with E-state index in [1.54, 1.807) is 6.20 Å². The van der Waals surface area contributed by atoms with Gasteiger partial charge in [-0.3, -0.25) is 0 Å². The predicted octanol–water partition coefficient (Wildman–Crippen LogP) is 3.80. The third-order valence-corrected chi connectivity index (χ3v) is 3.55. The van der Waals surface area contributed by atoms with E-state index in [9.17, 15) is 0 Å². The fourth-order valence-corrected chi connectivity index (χ4v) is 2.15. The highest BCUT2D eigenvalue weighted by Gasteiger charge is 2.19. The van der Waals surface area contributed by atoms with Gasteiger partial charge in [-0.25, -0.2) is 4.98 Å². The van der Waals surface area contributed by atoms with Crippen molar-refractivity contribution in [2.75, 3.05) is 11.1 Å². The summed E-state index contributed by atoms with van der Waals surface area (Å²) in [6.45, 7) is 6.36. The van der Waals surface area contributed by atoms with Crippen LogP contribution in [0.3, 0.4) is 0 Å². The second-order valence-electron chi connectivity index (χ2n) is 5.88. The van der Waals surface area contributed by atoms with Gasteiger partial charge in [0.05, 0.1) is 5.69 Å². The Morgan fingerprint density at radius 3 is 2.55 bits per heavy atom. The number of hydrogen-bond donors (Lipinski definition) is 2. The average molecular weight is 269 g/mol. The molecule has 0 saturated carbocycles. The lowest BCUT2D eigenvalue weighted by Gasteiger charge is -2.28. The summed E-state index contributed by atoms with van der Waals surface area (Å²) in [5, 5.41) is 3.46. The van der Waals surface area contributed by atoms with Gasteiger partial charge < -0.3 is 11.1 Å². The second-order valence-corrected chi connectivity index (χ2v) is 5.88. The van der Waals surface area contributed by atoms with Gasteiger partial charge in [0.1, 0.15) is 5.82 Å². The molecule has 3 nitrogen and oxygen atoms in total. The molecule has 1 aromatic carbocycles. The van der Waals surface area contributed by atoms with E-state index in [-0.39, 0.29) is 5.54 Å². The Labute approximate surface area is 121 Å². The van der Waals surface area contributed by atoms with Gasteiger partial charge in [0.25, 0.3) is 0 Å². The summed E-state index contributed by atoms with van der Waals surface area (Å²) in [6, 6.07) is 12.5. The molecule has 0 spiro atoms. The standard InChI is InChI=1S/C17H23N3/c1-13-10-12-19-16(15(13)18)20-17(2,3)11-9-14-7-5-4-6-8-14/h4-8,10,12H,9,11,18H2,1-3H3,(H,19,20). The quantitative estimate of drug-likeness (QED) is 0.868. The first kappa shape index (κ1) is 14.4. The Bertz CT molecular complexity index is 562. The molecule has 1 heterocycles. The number of benzene rings is 1. The van der Waals surface area contributed by atoms with Gasteiger partial charge in [-0.2, -0.15) is 0 Å². The molecule has 2 rings (SSSR count). The van der Waals surface area contributed by atoms with E-state index in [4.69, 9.17) is 5.73 Å². The minimum Gasteiger partial charge on any atom is -0.396 e. The molecular formula is C17H23N3. The van der Waals surface area contributed by atoms with Crippen molar-refractivity contribution in [3.63, 3.8) is 0 Å². The van der Waals surface area contributed by atoms with Crippen molar-refractivity contribution in [1.29, 1.82) is 0 Å². The van der Waals surface area contributed by atoms with Crippen LogP contribution in [-0.2, 0) is 6.42 Å². The number of anilines is 2. The number of aromatic nitrogens is 1. The Kier molecular flexibility index (Phi) is 4.28. The van der Waals surface area contributed by atoms with Crippen LogP contribution >= 0.6 is 0 Å². The molecule has 0 bridgehead atoms. The van der Waals surface area contributed by atoms with E-state index in [1.165, 1.54) is 5.56 Å². The van der Waals surface area contributed by atoms with Crippen molar-refractivity contribution < 1.29 is 0 Å². The molecule has 0 unspecified atom stereocenters. The molecule has 0 fully saturated rings. The Hall–Kier alpha value is -2.03. The van der Waals surface area contributed by atoms with Crippen LogP contribution in [-0.4, -0.2) is 10.5 Å². The molecule has 0 amide bonds. The number of pyridine rings is 1. The maximum atomic E-state index is 6.07. The minimum absolute atomic E-state index is 0.0508. The van der Waals surface area contributed by atoms with Gasteiger partial charge in [-0.05, 0) is 50.8 Å². The van der Waals surface area contributed by atoms with E-state index < -0.39 is 0 Å². The Balaban J connectivity index is 2.02. The number of nitrogen functional groups attached to an aromatic ring is 1. The maximum Gasteiger partial charge on any atom is 0.149 e. The molecule has 0 aliphatic heterocycles. The molecule has 2 aromatic rings. The SMILES string of the molecule is Cc1ccnc(NC(C)(C)CCc2ccccc2)c1N. The minimum atomic E-state index is -0.0508. The number of hydrogen-bond acceptors (Lipinski definition) is 3. The van der Waals surface area contributed by atoms with Crippen molar-refractivity contribution in [2.45, 2.75) is 39.2 Å². The molecule has 106 valence electrons. The van der Waals surface area contributed by atoms with Crippen molar-refractivity contribution in [1.82, 2.24) is 4.98 Å². The van der Waals surface area contributed by atoms with Crippen molar-refractivity contribution in [3.8, 4) is 0 Å². The van der Waals surface area contributed by atoms with Gasteiger partial charge in [0, 0.05) is 11.7 Å². The van der Waals surface area contributed by atoms with Crippen LogP contribution in [0.5, 0.6) is 0 Å². The highest BCUT2D eigenvalue weighted by Crippen LogP contribution is 2.25. The molecule has 0 saturated heterocycles. The van der Waals surface area contributed by atoms with E-state index in [2.05, 4.69) is 48.4 Å². The van der Waals surface area contributed by atoms with Gasteiger partial charge in [-0.15, -0.1) is 0 Å². The van der Waals surface area contributed by atoms with Gasteiger partial charge in [0.2, 0.25) is 0 Å². The van der Waals surface area contributed by atoms with Crippen LogP contribution in [0.2, 0.25) is 0 Å². The van der Waals surface area contributed by atoms with Crippen LogP contribution in [0.4, 0.5) is 11.5 Å². The summed E-state index contributed by atoms with van der Waals surface area (Å²) >= 11 is 0. The zero-order valence-electron chi connectivity index (χ0n) is 12.5. The molecule has 0 radical (unpaired) electrons. The van der Waals surface area contributed by atoms with Crippen molar-refractivity contribution >= 4 is 11.5 Å². The summed E-state index contributed by atoms with van der Waals surface area (Å²) in [6.07, 6.45) is 3.85. The lowest BCUT2D eigenvalue weighted by Crippen LogP contribution is -2.32. The number of aryl methyl sites for hydroxylation is 2. The van der Waals surface area contributed by atoms with E-state index in [0.717, 1.165) is 29.9 Å². The summed E-state index contributed by atoms with van der Waals surface area (Å²) in [5.41, 5.74) is 9.17. The third kappa shape index (κ3) is 3.73. The van der Waals surface area contributed by atoms with Crippen LogP contribution in [0, 0.1) is 6.92 Å². The summed E-state index contributed by atoms with van der Waals surface area (Å²) in [4.78, 5) is 4.34. The highest BCUT2D eigenvalue weighted by molar-refractivity contribution is 5.65. The first-order valence-electron chi connectivity index (χ1n) is 7.01. The van der Waals surface area contributed by atoms with Gasteiger partial charge in [-0.1, -0.05) is 30.3 Å². The molecule has 0 aliphatic carbocycles. The van der Waals surface area contributed by atoms with Crippen LogP contribution < -0.4 is 11.1 Å². The zero-order valence-corrected chi connectivity index (χ0v) is 12.5. The first-order valence-corrected chi connectivity index (χ1v) is 7.01. The first-order chi connectivity index (χ1) is 9.48. The largest absolute Gasteiger partial charge is 0.396 e. The van der Waals surface area contributed by atoms with Gasteiger partial charge >= 0.3 is 0 Å². The maximum absolute atomic E-state index is 6.07. The summed E-state index contributed by atoms with van der Waals surface area (Å²) in [7, 11) is 0. The fourth-order valence-electron chi connectivity index (χ4n) is 2.15. The number of rotatable bonds is 5. The fraction of sp³-hybridized carbons (Fsp3) is 0.353. The van der Waals surface area contributed by atoms with Crippen LogP contribution in [0.25, 0.3) is 0 Å². The van der Waals surface area contributed by atoms with Crippen LogP contribution in [0.15, 0.2) is 42.6 Å². The summed E-state index contributed by atoms with van der Waals surface area (Å²) < 4.78 is 0. The monoisotopic (exact) mass is 269 g/mol. The Morgan fingerprint density at radius 1 is 1.15 bits per heavy atom. The number of nitrogens with zero attached hydrogens (tertiary/aromatic N) is 1. The molecule has 1 aromatic heterocycles. The molecule has 0 atom stereocenters. The van der Waals surface area contributed by atoms with Gasteiger partial charge in [0.15, 0.2) is 0 Å². The van der Waals surface area contributed by atoms with Crippen molar-refractivity contribution in [3.05, 3.63) is 53.7 Å². The number of nitrogens with two attached hydrogens (primary N) is 1. The lowest BCUT2D eigenvalue weighted by atomic mass is 9.95. The Morgan fingerprint density at radius 2 is 1.85 bits per heavy atom. The average Bonchev–Trinajstić information content (AvgIpc) is 2.43.